The first-order valence-corrected chi connectivity index (χ1v) is 19.6. The minimum absolute atomic E-state index is 0.0414. The molecule has 0 radical (unpaired) electrons. The van der Waals surface area contributed by atoms with Gasteiger partial charge in [0.25, 0.3) is 0 Å². The summed E-state index contributed by atoms with van der Waals surface area (Å²) >= 11 is 0. The number of fused-ring (bicyclic) bond motifs is 2. The van der Waals surface area contributed by atoms with Crippen LogP contribution < -0.4 is 31.5 Å². The number of hydrogen-bond donors (Lipinski definition) is 5. The molecule has 15 nitrogen and oxygen atoms in total. The second-order valence-corrected chi connectivity index (χ2v) is 17.3. The summed E-state index contributed by atoms with van der Waals surface area (Å²) < 4.78 is 50.5. The largest absolute Gasteiger partial charge is 0.519 e. The van der Waals surface area contributed by atoms with E-state index in [4.69, 9.17) is 18.3 Å². The van der Waals surface area contributed by atoms with Crippen LogP contribution in [0.3, 0.4) is 0 Å². The van der Waals surface area contributed by atoms with E-state index < -0.39 is 50.9 Å². The van der Waals surface area contributed by atoms with Gasteiger partial charge in [0.2, 0.25) is 11.3 Å². The fraction of sp³-hybridized carbons (Fsp3) is 0.406. The lowest BCUT2D eigenvalue weighted by Gasteiger charge is -2.25. The van der Waals surface area contributed by atoms with Crippen molar-refractivity contribution < 1.29 is 51.6 Å². The van der Waals surface area contributed by atoms with E-state index in [9.17, 15) is 38.5 Å². The zero-order valence-corrected chi connectivity index (χ0v) is 28.6. The van der Waals surface area contributed by atoms with Crippen molar-refractivity contribution in [2.75, 3.05) is 37.5 Å². The summed E-state index contributed by atoms with van der Waals surface area (Å²) in [6.07, 6.45) is 5.03. The summed E-state index contributed by atoms with van der Waals surface area (Å²) in [5.41, 5.74) is -0.261. The van der Waals surface area contributed by atoms with E-state index in [-0.39, 0.29) is 56.9 Å². The number of nitrogens with zero attached hydrogens (tertiary/aromatic N) is 2. The quantitative estimate of drug-likeness (QED) is 0.117. The van der Waals surface area contributed by atoms with E-state index in [1.165, 1.54) is 37.6 Å². The molecule has 50 heavy (non-hydrogen) atoms. The lowest BCUT2D eigenvalue weighted by molar-refractivity contribution is 0.0442. The minimum Gasteiger partial charge on any atom is -0.492 e. The molecule has 1 aliphatic carbocycles. The molecular formula is C32H35FN3O12P2+. The Hall–Kier alpha value is -3.88. The van der Waals surface area contributed by atoms with Gasteiger partial charge in [-0.2, -0.15) is 0 Å². The highest BCUT2D eigenvalue weighted by Crippen LogP contribution is 2.59. The summed E-state index contributed by atoms with van der Waals surface area (Å²) in [6.45, 7) is 1.51. The Morgan fingerprint density at radius 3 is 2.52 bits per heavy atom. The maximum atomic E-state index is 16.0. The monoisotopic (exact) mass is 734 g/mol. The molecule has 0 bridgehead atoms. The average molecular weight is 735 g/mol. The second-order valence-electron chi connectivity index (χ2n) is 12.9. The van der Waals surface area contributed by atoms with Gasteiger partial charge in [-0.15, -0.1) is 0 Å². The first kappa shape index (κ1) is 34.6. The van der Waals surface area contributed by atoms with Gasteiger partial charge in [-0.1, -0.05) is 0 Å². The van der Waals surface area contributed by atoms with Crippen molar-refractivity contribution in [3.8, 4) is 17.1 Å². The van der Waals surface area contributed by atoms with Crippen molar-refractivity contribution in [1.82, 2.24) is 9.88 Å². The van der Waals surface area contributed by atoms with E-state index in [0.29, 0.717) is 24.5 Å². The summed E-state index contributed by atoms with van der Waals surface area (Å²) in [6, 6.07) is 6.32. The normalized spacial score (nSPS) is 19.5. The highest BCUT2D eigenvalue weighted by molar-refractivity contribution is 7.81. The fourth-order valence-electron chi connectivity index (χ4n) is 6.97. The molecule has 2 aliphatic heterocycles. The zero-order valence-electron chi connectivity index (χ0n) is 26.8. The molecule has 0 spiro atoms. The highest BCUT2D eigenvalue weighted by atomic mass is 31.3. The van der Waals surface area contributed by atoms with Gasteiger partial charge in [-0.05, 0) is 68.5 Å². The maximum absolute atomic E-state index is 16.0. The first-order chi connectivity index (χ1) is 23.7. The Labute approximate surface area is 283 Å². The molecule has 3 fully saturated rings. The number of halogens is 1. The molecule has 4 heterocycles. The van der Waals surface area contributed by atoms with E-state index >= 15 is 4.39 Å². The molecule has 1 saturated carbocycles. The number of rotatable bonds is 10. The van der Waals surface area contributed by atoms with Gasteiger partial charge in [0.05, 0.1) is 18.0 Å². The molecular weight excluding hydrogens is 699 g/mol. The van der Waals surface area contributed by atoms with Crippen LogP contribution in [0, 0.1) is 11.7 Å². The number of nitrogens with one attached hydrogen (secondary N) is 1. The topological polar surface area (TPSA) is 214 Å². The number of carbonyl (C=O) groups excluding carboxylic acids is 1. The minimum atomic E-state index is -4.74. The van der Waals surface area contributed by atoms with Crippen molar-refractivity contribution in [3.05, 3.63) is 74.5 Å². The Bertz CT molecular complexity index is 2120. The molecule has 3 aliphatic rings. The van der Waals surface area contributed by atoms with Crippen LogP contribution in [0.15, 0.2) is 55.0 Å². The predicted octanol–water partition coefficient (Wildman–Crippen LogP) is 2.84. The highest BCUT2D eigenvalue weighted by Gasteiger charge is 2.44. The SMILES string of the molecule is COc1c(N2CC3CCCNC3C2)c(F)cc2c(=O)c(C(=O)OCc3oc(=O)oc3-c3ccc([P+](O)(O)CP(=O)(O)O)cc3)cn(C3CC3)c12. The number of anilines is 1. The smallest absolute Gasteiger partial charge is 0.492 e. The summed E-state index contributed by atoms with van der Waals surface area (Å²) in [5.74, 6) is -3.75. The Balaban J connectivity index is 1.17. The summed E-state index contributed by atoms with van der Waals surface area (Å²) in [5, 5.41) is 3.33. The first-order valence-electron chi connectivity index (χ1n) is 16.0. The van der Waals surface area contributed by atoms with Crippen LogP contribution in [0.25, 0.3) is 22.2 Å². The van der Waals surface area contributed by atoms with Crippen LogP contribution in [0.2, 0.25) is 0 Å². The second kappa shape index (κ2) is 13.0. The Morgan fingerprint density at radius 1 is 1.12 bits per heavy atom. The number of piperidine rings is 1. The zero-order chi connectivity index (χ0) is 35.5. The van der Waals surface area contributed by atoms with Crippen molar-refractivity contribution in [2.45, 2.75) is 44.4 Å². The number of ether oxygens (including phenoxy) is 2. The fourth-order valence-corrected chi connectivity index (χ4v) is 10.3. The van der Waals surface area contributed by atoms with Crippen molar-refractivity contribution in [3.63, 3.8) is 0 Å². The van der Waals surface area contributed by atoms with Gasteiger partial charge in [-0.25, -0.2) is 23.8 Å². The lowest BCUT2D eigenvalue weighted by atomic mass is 9.94. The van der Waals surface area contributed by atoms with Gasteiger partial charge >= 0.3 is 27.1 Å². The molecule has 18 heteroatoms. The number of esters is 1. The molecule has 0 amide bonds. The summed E-state index contributed by atoms with van der Waals surface area (Å²) in [7, 11) is -7.47. The maximum Gasteiger partial charge on any atom is 0.519 e. The molecule has 7 rings (SSSR count). The number of benzene rings is 2. The van der Waals surface area contributed by atoms with Crippen LogP contribution in [0.5, 0.6) is 5.75 Å². The van der Waals surface area contributed by atoms with Crippen molar-refractivity contribution in [1.29, 1.82) is 0 Å². The number of hydrogen-bond acceptors (Lipinski definition) is 12. The van der Waals surface area contributed by atoms with Gasteiger partial charge < -0.3 is 42.9 Å². The van der Waals surface area contributed by atoms with Crippen molar-refractivity contribution >= 4 is 43.2 Å². The number of methoxy groups -OCH3 is 1. The van der Waals surface area contributed by atoms with Gasteiger partial charge in [0, 0.05) is 36.9 Å². The van der Waals surface area contributed by atoms with E-state index in [1.54, 1.807) is 4.57 Å². The third-order valence-corrected chi connectivity index (χ3v) is 13.6. The molecule has 2 aromatic carbocycles. The van der Waals surface area contributed by atoms with Gasteiger partial charge in [-0.3, -0.25) is 9.36 Å². The average Bonchev–Trinajstić information content (AvgIpc) is 3.71. The predicted molar refractivity (Wildman–Crippen MR) is 179 cm³/mol. The Kier molecular flexibility index (Phi) is 9.00. The van der Waals surface area contributed by atoms with E-state index in [1.807, 2.05) is 4.90 Å². The lowest BCUT2D eigenvalue weighted by Crippen LogP contribution is -2.40. The molecule has 2 saturated heterocycles. The molecule has 2 unspecified atom stereocenters. The number of aromatic nitrogens is 1. The van der Waals surface area contributed by atoms with Crippen LogP contribution in [0.1, 0.15) is 47.8 Å². The molecule has 266 valence electrons. The molecule has 4 aromatic rings. The van der Waals surface area contributed by atoms with Crippen LogP contribution in [-0.4, -0.2) is 68.8 Å². The van der Waals surface area contributed by atoms with Gasteiger partial charge in [0.1, 0.15) is 11.3 Å². The third-order valence-electron chi connectivity index (χ3n) is 9.38. The van der Waals surface area contributed by atoms with Crippen molar-refractivity contribution in [2.24, 2.45) is 5.92 Å². The van der Waals surface area contributed by atoms with Crippen LogP contribution >= 0.6 is 15.3 Å². The summed E-state index contributed by atoms with van der Waals surface area (Å²) in [4.78, 5) is 80.1. The third kappa shape index (κ3) is 6.64. The van der Waals surface area contributed by atoms with Crippen LogP contribution in [0.4, 0.5) is 10.1 Å². The Morgan fingerprint density at radius 2 is 1.86 bits per heavy atom. The molecule has 2 atom stereocenters. The number of carbonyl (C=O) groups is 1. The molecule has 2 aromatic heterocycles. The van der Waals surface area contributed by atoms with Crippen LogP contribution in [-0.2, 0) is 15.9 Å². The number of pyridine rings is 1. The van der Waals surface area contributed by atoms with E-state index in [0.717, 1.165) is 38.3 Å². The van der Waals surface area contributed by atoms with Gasteiger partial charge in [0.15, 0.2) is 35.0 Å². The van der Waals surface area contributed by atoms with E-state index in [2.05, 4.69) is 5.32 Å². The standard InChI is InChI=1S/C32H34FN3O12P2/c1-45-30-26-21(11-23(33)27(30)35-12-18-3-2-10-34-24(18)14-35)28(37)22(13-36(26)19-6-7-19)31(38)46-15-25-29(48-32(39)47-25)17-4-8-20(9-5-17)49(40,41)16-50(42,43)44/h4-5,8-9,11,13,18-19,24,34,40-41H,2-3,6-7,10,12,14-16H2,1H3,(H-,42,43,44)/p+1. The molecule has 5 N–H and O–H groups in total.